The van der Waals surface area contributed by atoms with Gasteiger partial charge >= 0.3 is 0 Å². The molecule has 1 aliphatic carbocycles. The highest BCUT2D eigenvalue weighted by Gasteiger charge is 2.41. The minimum atomic E-state index is -4.48. The van der Waals surface area contributed by atoms with Crippen LogP contribution in [0.3, 0.4) is 0 Å². The number of aromatic amines is 1. The van der Waals surface area contributed by atoms with Crippen molar-refractivity contribution in [2.75, 3.05) is 102 Å². The number of carbonyl (C=O) groups is 1. The molecule has 0 radical (unpaired) electrons. The summed E-state index contributed by atoms with van der Waals surface area (Å²) in [5, 5.41) is 1.54. The summed E-state index contributed by atoms with van der Waals surface area (Å²) < 4.78 is 76.9. The molecule has 5 aromatic rings. The zero-order valence-corrected chi connectivity index (χ0v) is 44.3. The van der Waals surface area contributed by atoms with E-state index in [2.05, 4.69) is 50.4 Å². The lowest BCUT2D eigenvalue weighted by Gasteiger charge is -2.45. The second-order valence-corrected chi connectivity index (χ2v) is 23.9. The van der Waals surface area contributed by atoms with E-state index in [1.807, 2.05) is 47.5 Å². The molecule has 1 unspecified atom stereocenters. The van der Waals surface area contributed by atoms with Crippen LogP contribution in [0.25, 0.3) is 16.6 Å². The van der Waals surface area contributed by atoms with Gasteiger partial charge in [0.2, 0.25) is 5.88 Å². The first kappa shape index (κ1) is 51.1. The number of piperidine rings is 1. The number of nitrogens with one attached hydrogen (secondary N) is 2. The Morgan fingerprint density at radius 3 is 2.47 bits per heavy atom. The zero-order chi connectivity index (χ0) is 51.2. The number of aromatic nitrogens is 2. The number of ether oxygens (including phenoxy) is 5. The van der Waals surface area contributed by atoms with Gasteiger partial charge < -0.3 is 38.5 Å². The highest BCUT2D eigenvalue weighted by atomic mass is 35.5. The van der Waals surface area contributed by atoms with Crippen molar-refractivity contribution in [2.45, 2.75) is 81.1 Å². The second-order valence-electron chi connectivity index (χ2n) is 21.4. The molecule has 11 rings (SSSR count). The van der Waals surface area contributed by atoms with Crippen LogP contribution in [0.5, 0.6) is 11.6 Å². The molecule has 1 amide bonds. The largest absolute Gasteiger partial charge is 0.489 e. The number of fused-ring (bicyclic) bond motifs is 4. The summed E-state index contributed by atoms with van der Waals surface area (Å²) in [6.45, 7) is 12.4. The van der Waals surface area contributed by atoms with Crippen molar-refractivity contribution in [3.8, 4) is 11.6 Å². The lowest BCUT2D eigenvalue weighted by Crippen LogP contribution is -2.56. The van der Waals surface area contributed by atoms with Crippen LogP contribution in [0.4, 0.5) is 21.5 Å². The summed E-state index contributed by atoms with van der Waals surface area (Å²) in [4.78, 5) is 31.4. The third-order valence-corrected chi connectivity index (χ3v) is 17.5. The summed E-state index contributed by atoms with van der Waals surface area (Å²) in [6.07, 6.45) is 5.64. The van der Waals surface area contributed by atoms with Crippen molar-refractivity contribution in [1.82, 2.24) is 24.5 Å². The summed E-state index contributed by atoms with van der Waals surface area (Å²) in [5.74, 6) is -0.280. The Hall–Kier alpha value is -4.98. The molecule has 0 spiro atoms. The molecule has 0 bridgehead atoms. The van der Waals surface area contributed by atoms with Crippen LogP contribution < -0.4 is 24.0 Å². The minimum Gasteiger partial charge on any atom is -0.489 e. The Balaban J connectivity index is 0.868. The fraction of sp³-hybridized carbons (Fsp3) is 0.491. The molecule has 7 heterocycles. The van der Waals surface area contributed by atoms with Crippen LogP contribution in [-0.4, -0.2) is 150 Å². The van der Waals surface area contributed by atoms with Gasteiger partial charge in [0.15, 0.2) is 0 Å². The summed E-state index contributed by atoms with van der Waals surface area (Å²) >= 11 is 13.0. The number of sulfonamides is 1. The van der Waals surface area contributed by atoms with Crippen LogP contribution in [0, 0.1) is 5.41 Å². The Morgan fingerprint density at radius 2 is 1.69 bits per heavy atom. The van der Waals surface area contributed by atoms with E-state index >= 15 is 4.39 Å². The van der Waals surface area contributed by atoms with Gasteiger partial charge in [-0.05, 0) is 121 Å². The van der Waals surface area contributed by atoms with E-state index in [9.17, 15) is 13.2 Å². The normalized spacial score (nSPS) is 23.1. The third kappa shape index (κ3) is 11.0. The van der Waals surface area contributed by atoms with Gasteiger partial charge in [0, 0.05) is 81.3 Å². The third-order valence-electron chi connectivity index (χ3n) is 15.6. The summed E-state index contributed by atoms with van der Waals surface area (Å²) in [6, 6.07) is 21.9. The second kappa shape index (κ2) is 21.2. The maximum absolute atomic E-state index is 15.8. The smallest absolute Gasteiger partial charge is 0.267 e. The van der Waals surface area contributed by atoms with Crippen molar-refractivity contribution in [2.24, 2.45) is 5.41 Å². The monoisotopic (exact) mass is 1070 g/mol. The van der Waals surface area contributed by atoms with Crippen LogP contribution in [0.2, 0.25) is 10.0 Å². The van der Waals surface area contributed by atoms with Crippen molar-refractivity contribution in [3.05, 3.63) is 106 Å². The molecule has 6 aliphatic rings. The van der Waals surface area contributed by atoms with E-state index in [4.69, 9.17) is 51.9 Å². The lowest BCUT2D eigenvalue weighted by atomic mass is 9.71. The minimum absolute atomic E-state index is 0.0196. The molecule has 19 heteroatoms. The lowest BCUT2D eigenvalue weighted by molar-refractivity contribution is -0.0890. The molecule has 3 aromatic carbocycles. The Morgan fingerprint density at radius 1 is 0.878 bits per heavy atom. The average molecular weight is 1070 g/mol. The number of H-pyrrole nitrogens is 1. The highest BCUT2D eigenvalue weighted by molar-refractivity contribution is 7.90. The quantitative estimate of drug-likeness (QED) is 0.137. The number of likely N-dealkylation sites (tertiary alicyclic amines) is 1. The first-order valence-corrected chi connectivity index (χ1v) is 28.1. The maximum Gasteiger partial charge on any atom is 0.267 e. The van der Waals surface area contributed by atoms with Crippen molar-refractivity contribution < 1.29 is 41.3 Å². The number of amides is 1. The molecule has 74 heavy (non-hydrogen) atoms. The van der Waals surface area contributed by atoms with Crippen LogP contribution in [-0.2, 0) is 24.2 Å². The fourth-order valence-electron chi connectivity index (χ4n) is 11.3. The van der Waals surface area contributed by atoms with Crippen molar-refractivity contribution >= 4 is 72.8 Å². The van der Waals surface area contributed by atoms with Crippen molar-refractivity contribution in [1.29, 1.82) is 0 Å². The standard InChI is InChI=1S/C55H64Cl2FN7O8S/c1-54(2)28-44(36-5-7-38(56)8-6-36)45-31-64-21-20-63(30-40(64)32-69-22-4-24-71-50(45)29-54)39-9-11-43(47(26-39)65-17-3-23-72-53-48(65)25-37-13-16-59-51(37)60-53)52(66)61-74(67,68)42-10-12-49(46(57)27-42)73-35-55(58)14-18-62(19-15-55)41-33-70-34-41/h5-13,16,25-27,40-41,50H,3-4,14-15,17-24,28-35H2,1-2H3,(H,59,60)(H,61,66)/t40?,50-/m1/s1. The maximum atomic E-state index is 15.8. The van der Waals surface area contributed by atoms with Gasteiger partial charge in [-0.3, -0.25) is 14.6 Å². The van der Waals surface area contributed by atoms with E-state index < -0.39 is 21.6 Å². The van der Waals surface area contributed by atoms with E-state index in [1.54, 1.807) is 6.07 Å². The van der Waals surface area contributed by atoms with Crippen molar-refractivity contribution in [3.63, 3.8) is 0 Å². The number of nitrogens with zero attached hydrogens (tertiary/aromatic N) is 5. The number of carbonyl (C=O) groups excluding carboxylic acids is 1. The van der Waals surface area contributed by atoms with E-state index in [1.165, 1.54) is 34.9 Å². The highest BCUT2D eigenvalue weighted by Crippen LogP contribution is 2.46. The number of piperazine rings is 1. The Kier molecular flexibility index (Phi) is 14.7. The summed E-state index contributed by atoms with van der Waals surface area (Å²) in [5.41, 5.74) is 5.12. The number of anilines is 3. The first-order valence-electron chi connectivity index (χ1n) is 25.9. The fourth-order valence-corrected chi connectivity index (χ4v) is 12.7. The SMILES string of the molecule is CC1(C)CC(c2ccc(Cl)cc2)=C2CN3CCN(c4ccc(C(=O)NS(=O)(=O)c5ccc(OCC6(F)CCN(C7COC7)CC6)c(Cl)c5)c(N5CCCOc6nc7[nH]ccc7cc65)c4)CC3COCCCO[C@@H]2C1. The molecule has 2 atom stereocenters. The number of pyridine rings is 1. The number of benzene rings is 3. The molecule has 2 N–H and O–H groups in total. The van der Waals surface area contributed by atoms with Gasteiger partial charge in [-0.25, -0.2) is 17.5 Å². The number of hydrogen-bond donors (Lipinski definition) is 2. The van der Waals surface area contributed by atoms with Crippen LogP contribution in [0.1, 0.15) is 68.3 Å². The average Bonchev–Trinajstić information content (AvgIpc) is 3.71. The number of halogens is 3. The molecular weight excluding hydrogens is 1010 g/mol. The number of hydrogen-bond acceptors (Lipinski definition) is 13. The molecule has 0 saturated carbocycles. The molecular formula is C55H64Cl2FN7O8S. The van der Waals surface area contributed by atoms with Crippen LogP contribution in [0.15, 0.2) is 89.5 Å². The Labute approximate surface area is 442 Å². The molecule has 2 aromatic heterocycles. The molecule has 5 aliphatic heterocycles. The predicted octanol–water partition coefficient (Wildman–Crippen LogP) is 9.06. The molecule has 15 nitrogen and oxygen atoms in total. The van der Waals surface area contributed by atoms with Gasteiger partial charge in [0.1, 0.15) is 29.4 Å². The zero-order valence-electron chi connectivity index (χ0n) is 41.9. The Bertz CT molecular complexity index is 3020. The van der Waals surface area contributed by atoms with Gasteiger partial charge in [-0.1, -0.05) is 49.2 Å². The molecule has 4 saturated heterocycles. The number of rotatable bonds is 10. The van der Waals surface area contributed by atoms with Gasteiger partial charge in [0.25, 0.3) is 15.9 Å². The molecule has 394 valence electrons. The number of allylic oxidation sites excluding steroid dienone is 1. The van der Waals surface area contributed by atoms with Gasteiger partial charge in [-0.15, -0.1) is 0 Å². The van der Waals surface area contributed by atoms with Crippen LogP contribution >= 0.6 is 23.2 Å². The predicted molar refractivity (Wildman–Crippen MR) is 285 cm³/mol. The topological polar surface area (TPSA) is 151 Å². The van der Waals surface area contributed by atoms with Gasteiger partial charge in [-0.2, -0.15) is 4.98 Å². The summed E-state index contributed by atoms with van der Waals surface area (Å²) in [7, 11) is -4.48. The number of alkyl halides is 1. The van der Waals surface area contributed by atoms with E-state index in [0.29, 0.717) is 126 Å². The first-order chi connectivity index (χ1) is 35.7. The van der Waals surface area contributed by atoms with Gasteiger partial charge in [0.05, 0.1) is 65.8 Å². The van der Waals surface area contributed by atoms with E-state index in [-0.39, 0.29) is 45.4 Å². The molecule has 4 fully saturated rings. The van der Waals surface area contributed by atoms with E-state index in [0.717, 1.165) is 43.4 Å².